The van der Waals surface area contributed by atoms with E-state index >= 15 is 0 Å². The van der Waals surface area contributed by atoms with Gasteiger partial charge in [-0.25, -0.2) is 4.79 Å². The molecule has 2 heterocycles. The van der Waals surface area contributed by atoms with Crippen molar-refractivity contribution in [1.82, 2.24) is 9.88 Å². The topological polar surface area (TPSA) is 64.2 Å². The molecule has 108 valence electrons. The van der Waals surface area contributed by atoms with Gasteiger partial charge in [-0.15, -0.1) is 11.3 Å². The van der Waals surface area contributed by atoms with Crippen LogP contribution < -0.4 is 11.1 Å². The average Bonchev–Trinajstić information content (AvgIpc) is 3.07. The summed E-state index contributed by atoms with van der Waals surface area (Å²) in [5.74, 6) is -0.400. The number of oxazole rings is 1. The van der Waals surface area contributed by atoms with E-state index in [1.165, 1.54) is 4.57 Å². The Kier molecular flexibility index (Phi) is 3.62. The van der Waals surface area contributed by atoms with E-state index in [9.17, 15) is 9.59 Å². The first-order chi connectivity index (χ1) is 10.1. The number of benzene rings is 1. The number of amides is 1. The molecule has 0 saturated heterocycles. The van der Waals surface area contributed by atoms with Crippen LogP contribution in [0.5, 0.6) is 0 Å². The number of nitrogens with zero attached hydrogens (tertiary/aromatic N) is 1. The fraction of sp³-hybridized carbons (Fsp3) is 0.200. The lowest BCUT2D eigenvalue weighted by atomic mass is 10.2. The van der Waals surface area contributed by atoms with E-state index in [1.54, 1.807) is 24.5 Å². The van der Waals surface area contributed by atoms with Gasteiger partial charge in [0.05, 0.1) is 11.9 Å². The monoisotopic (exact) mass is 302 g/mol. The summed E-state index contributed by atoms with van der Waals surface area (Å²) in [5.41, 5.74) is 2.21. The third kappa shape index (κ3) is 2.90. The molecule has 3 rings (SSSR count). The lowest BCUT2D eigenvalue weighted by molar-refractivity contribution is -0.120. The van der Waals surface area contributed by atoms with Gasteiger partial charge in [0.25, 0.3) is 0 Å². The maximum Gasteiger partial charge on any atom is 0.419 e. The van der Waals surface area contributed by atoms with Crippen LogP contribution in [0.1, 0.15) is 10.4 Å². The Hall–Kier alpha value is -2.34. The number of hydrogen-bond donors (Lipinski definition) is 1. The molecule has 0 saturated carbocycles. The van der Waals surface area contributed by atoms with Crippen LogP contribution in [-0.2, 0) is 24.8 Å². The van der Waals surface area contributed by atoms with Crippen molar-refractivity contribution in [3.05, 3.63) is 56.7 Å². The zero-order valence-electron chi connectivity index (χ0n) is 11.5. The SMILES string of the molecule is Cn1c(=O)oc2ccc(CNC(=O)Cc3cccs3)cc21. The van der Waals surface area contributed by atoms with E-state index in [2.05, 4.69) is 5.32 Å². The first kappa shape index (κ1) is 13.6. The maximum absolute atomic E-state index is 11.8. The molecule has 0 aliphatic rings. The van der Waals surface area contributed by atoms with E-state index in [-0.39, 0.29) is 11.7 Å². The summed E-state index contributed by atoms with van der Waals surface area (Å²) in [5, 5.41) is 4.83. The largest absolute Gasteiger partial charge is 0.419 e. The number of nitrogens with one attached hydrogen (secondary N) is 1. The molecule has 21 heavy (non-hydrogen) atoms. The zero-order chi connectivity index (χ0) is 14.8. The average molecular weight is 302 g/mol. The standard InChI is InChI=1S/C15H14N2O3S/c1-17-12-7-10(4-5-13(12)20-15(17)19)9-16-14(18)8-11-3-2-6-21-11/h2-7H,8-9H2,1H3,(H,16,18). The fourth-order valence-electron chi connectivity index (χ4n) is 2.12. The Morgan fingerprint density at radius 1 is 1.38 bits per heavy atom. The van der Waals surface area contributed by atoms with Crippen molar-refractivity contribution in [2.45, 2.75) is 13.0 Å². The summed E-state index contributed by atoms with van der Waals surface area (Å²) in [7, 11) is 1.66. The predicted octanol–water partition coefficient (Wildman–Crippen LogP) is 2.05. The number of carbonyl (C=O) groups is 1. The number of aryl methyl sites for hydroxylation is 1. The van der Waals surface area contributed by atoms with E-state index in [1.807, 2.05) is 29.6 Å². The summed E-state index contributed by atoms with van der Waals surface area (Å²) < 4.78 is 6.52. The van der Waals surface area contributed by atoms with Gasteiger partial charge in [-0.05, 0) is 29.1 Å². The Morgan fingerprint density at radius 2 is 2.24 bits per heavy atom. The van der Waals surface area contributed by atoms with Crippen LogP contribution in [0.15, 0.2) is 44.9 Å². The summed E-state index contributed by atoms with van der Waals surface area (Å²) in [6.45, 7) is 0.430. The first-order valence-corrected chi connectivity index (χ1v) is 7.39. The van der Waals surface area contributed by atoms with Gasteiger partial charge in [0.1, 0.15) is 0 Å². The molecule has 0 bridgehead atoms. The lowest BCUT2D eigenvalue weighted by Gasteiger charge is -2.05. The molecule has 1 amide bonds. The summed E-state index contributed by atoms with van der Waals surface area (Å²) in [6.07, 6.45) is 0.393. The van der Waals surface area contributed by atoms with Crippen molar-refractivity contribution >= 4 is 28.3 Å². The fourth-order valence-corrected chi connectivity index (χ4v) is 2.82. The second-order valence-corrected chi connectivity index (χ2v) is 5.79. The van der Waals surface area contributed by atoms with E-state index in [0.717, 1.165) is 16.0 Å². The normalized spacial score (nSPS) is 10.9. The molecule has 2 aromatic heterocycles. The maximum atomic E-state index is 11.8. The van der Waals surface area contributed by atoms with Crippen LogP contribution in [-0.4, -0.2) is 10.5 Å². The van der Waals surface area contributed by atoms with Gasteiger partial charge in [-0.1, -0.05) is 12.1 Å². The van der Waals surface area contributed by atoms with E-state index in [0.29, 0.717) is 18.5 Å². The molecule has 1 aromatic carbocycles. The molecule has 0 atom stereocenters. The van der Waals surface area contributed by atoms with Crippen LogP contribution in [0.4, 0.5) is 0 Å². The molecule has 6 heteroatoms. The van der Waals surface area contributed by atoms with Crippen molar-refractivity contribution < 1.29 is 9.21 Å². The highest BCUT2D eigenvalue weighted by molar-refractivity contribution is 7.10. The molecule has 0 aliphatic carbocycles. The van der Waals surface area contributed by atoms with Crippen LogP contribution >= 0.6 is 11.3 Å². The molecular formula is C15H14N2O3S. The number of fused-ring (bicyclic) bond motifs is 1. The van der Waals surface area contributed by atoms with E-state index < -0.39 is 0 Å². The number of carbonyl (C=O) groups excluding carboxylic acids is 1. The second-order valence-electron chi connectivity index (χ2n) is 4.76. The van der Waals surface area contributed by atoms with E-state index in [4.69, 9.17) is 4.42 Å². The van der Waals surface area contributed by atoms with Gasteiger partial charge in [-0.2, -0.15) is 0 Å². The number of aromatic nitrogens is 1. The zero-order valence-corrected chi connectivity index (χ0v) is 12.3. The third-order valence-electron chi connectivity index (χ3n) is 3.26. The summed E-state index contributed by atoms with van der Waals surface area (Å²) >= 11 is 1.57. The quantitative estimate of drug-likeness (QED) is 0.802. The Bertz CT molecular complexity index is 830. The number of rotatable bonds is 4. The van der Waals surface area contributed by atoms with Gasteiger partial charge in [0.15, 0.2) is 5.58 Å². The Morgan fingerprint density at radius 3 is 3.00 bits per heavy atom. The molecule has 0 aliphatic heterocycles. The van der Waals surface area contributed by atoms with Crippen molar-refractivity contribution in [3.8, 4) is 0 Å². The van der Waals surface area contributed by atoms with Gasteiger partial charge in [0.2, 0.25) is 5.91 Å². The molecule has 0 unspecified atom stereocenters. The van der Waals surface area contributed by atoms with Gasteiger partial charge in [-0.3, -0.25) is 9.36 Å². The first-order valence-electron chi connectivity index (χ1n) is 6.51. The molecule has 0 radical (unpaired) electrons. The minimum atomic E-state index is -0.385. The van der Waals surface area contributed by atoms with Crippen LogP contribution in [0.2, 0.25) is 0 Å². The number of hydrogen-bond acceptors (Lipinski definition) is 4. The van der Waals surface area contributed by atoms with Crippen molar-refractivity contribution in [2.24, 2.45) is 7.05 Å². The molecule has 5 nitrogen and oxygen atoms in total. The summed E-state index contributed by atoms with van der Waals surface area (Å²) in [4.78, 5) is 24.3. The van der Waals surface area contributed by atoms with Crippen molar-refractivity contribution in [1.29, 1.82) is 0 Å². The summed E-state index contributed by atoms with van der Waals surface area (Å²) in [6, 6.07) is 9.32. The third-order valence-corrected chi connectivity index (χ3v) is 4.14. The lowest BCUT2D eigenvalue weighted by Crippen LogP contribution is -2.24. The highest BCUT2D eigenvalue weighted by Gasteiger charge is 2.08. The van der Waals surface area contributed by atoms with Crippen LogP contribution in [0.25, 0.3) is 11.1 Å². The van der Waals surface area contributed by atoms with Gasteiger partial charge >= 0.3 is 5.76 Å². The smallest absolute Gasteiger partial charge is 0.408 e. The van der Waals surface area contributed by atoms with Gasteiger partial charge < -0.3 is 9.73 Å². The highest BCUT2D eigenvalue weighted by Crippen LogP contribution is 2.14. The van der Waals surface area contributed by atoms with Crippen LogP contribution in [0, 0.1) is 0 Å². The minimum Gasteiger partial charge on any atom is -0.408 e. The second kappa shape index (κ2) is 5.57. The van der Waals surface area contributed by atoms with Crippen LogP contribution in [0.3, 0.4) is 0 Å². The Labute approximate surface area is 124 Å². The predicted molar refractivity (Wildman–Crippen MR) is 81.3 cm³/mol. The number of thiophene rings is 1. The highest BCUT2D eigenvalue weighted by atomic mass is 32.1. The molecule has 0 spiro atoms. The van der Waals surface area contributed by atoms with Crippen molar-refractivity contribution in [2.75, 3.05) is 0 Å². The van der Waals surface area contributed by atoms with Gasteiger partial charge in [0, 0.05) is 18.5 Å². The molecular weight excluding hydrogens is 288 g/mol. The minimum absolute atomic E-state index is 0.0152. The molecule has 3 aromatic rings. The van der Waals surface area contributed by atoms with Crippen molar-refractivity contribution in [3.63, 3.8) is 0 Å². The Balaban J connectivity index is 1.69. The molecule has 0 fully saturated rings. The molecule has 1 N–H and O–H groups in total.